The lowest BCUT2D eigenvalue weighted by Crippen LogP contribution is -2.38. The fourth-order valence-corrected chi connectivity index (χ4v) is 5.67. The maximum Gasteiger partial charge on any atom is 0.234 e. The third-order valence-electron chi connectivity index (χ3n) is 7.07. The van der Waals surface area contributed by atoms with E-state index in [1.807, 2.05) is 0 Å². The first-order valence-corrected chi connectivity index (χ1v) is 10.9. The molecule has 2 aliphatic carbocycles. The topological polar surface area (TPSA) is 88.3 Å². The van der Waals surface area contributed by atoms with Crippen molar-refractivity contribution in [2.75, 3.05) is 19.6 Å². The first-order valence-electron chi connectivity index (χ1n) is 10.9. The number of aliphatic imine (C=N–C) groups is 3. The number of hydrogen-bond donors (Lipinski definition) is 0. The van der Waals surface area contributed by atoms with E-state index >= 15 is 0 Å². The quantitative estimate of drug-likeness (QED) is 0.252. The molecular weight excluding hydrogens is 354 g/mol. The molecule has 0 N–H and O–H groups in total. The molecule has 0 bridgehead atoms. The van der Waals surface area contributed by atoms with Crippen LogP contribution in [-0.2, 0) is 14.4 Å². The molecule has 0 amide bonds. The van der Waals surface area contributed by atoms with Crippen LogP contribution < -0.4 is 0 Å². The highest BCUT2D eigenvalue weighted by Gasteiger charge is 2.44. The molecule has 0 aromatic rings. The molecule has 2 aliphatic rings. The summed E-state index contributed by atoms with van der Waals surface area (Å²) in [6.07, 6.45) is 18.6. The van der Waals surface area contributed by atoms with E-state index in [-0.39, 0.29) is 5.41 Å². The summed E-state index contributed by atoms with van der Waals surface area (Å²) in [5, 5.41) is 0. The molecule has 0 spiro atoms. The SMILES string of the molecule is O=C=NCCCC1(CN=C=O)CCC(CN=C=O)CCC1C1CCCCCC1. The summed E-state index contributed by atoms with van der Waals surface area (Å²) in [7, 11) is 0. The average molecular weight is 388 g/mol. The second-order valence-electron chi connectivity index (χ2n) is 8.62. The molecule has 0 aliphatic heterocycles. The van der Waals surface area contributed by atoms with Crippen LogP contribution in [0.15, 0.2) is 15.0 Å². The summed E-state index contributed by atoms with van der Waals surface area (Å²) in [6.45, 7) is 1.53. The van der Waals surface area contributed by atoms with Crippen LogP contribution >= 0.6 is 0 Å². The minimum Gasteiger partial charge on any atom is -0.211 e. The predicted molar refractivity (Wildman–Crippen MR) is 107 cm³/mol. The molecule has 28 heavy (non-hydrogen) atoms. The molecule has 0 aromatic carbocycles. The molecule has 3 atom stereocenters. The van der Waals surface area contributed by atoms with E-state index in [9.17, 15) is 14.4 Å². The molecule has 0 radical (unpaired) electrons. The van der Waals surface area contributed by atoms with Gasteiger partial charge < -0.3 is 0 Å². The Kier molecular flexibility index (Phi) is 10.1. The van der Waals surface area contributed by atoms with Gasteiger partial charge in [-0.3, -0.25) is 0 Å². The molecule has 2 rings (SSSR count). The van der Waals surface area contributed by atoms with Crippen molar-refractivity contribution in [1.82, 2.24) is 0 Å². The summed E-state index contributed by atoms with van der Waals surface area (Å²) in [6, 6.07) is 0. The van der Waals surface area contributed by atoms with Gasteiger partial charge in [-0.25, -0.2) is 29.4 Å². The van der Waals surface area contributed by atoms with Crippen LogP contribution in [0.4, 0.5) is 0 Å². The van der Waals surface area contributed by atoms with Crippen LogP contribution in [0.1, 0.15) is 77.0 Å². The normalized spacial score (nSPS) is 28.7. The van der Waals surface area contributed by atoms with Crippen molar-refractivity contribution in [3.8, 4) is 0 Å². The third-order valence-corrected chi connectivity index (χ3v) is 7.07. The Hall–Kier alpha value is -1.86. The number of rotatable bonds is 9. The fourth-order valence-electron chi connectivity index (χ4n) is 5.67. The smallest absolute Gasteiger partial charge is 0.211 e. The number of carbonyl (C=O) groups excluding carboxylic acids is 3. The van der Waals surface area contributed by atoms with Gasteiger partial charge in [-0.1, -0.05) is 38.5 Å². The van der Waals surface area contributed by atoms with Crippen molar-refractivity contribution in [3.63, 3.8) is 0 Å². The molecule has 3 unspecified atom stereocenters. The zero-order valence-electron chi connectivity index (χ0n) is 16.9. The molecule has 6 heteroatoms. The molecular formula is C22H33N3O3. The molecule has 0 saturated heterocycles. The van der Waals surface area contributed by atoms with Crippen LogP contribution in [0.5, 0.6) is 0 Å². The number of isocyanates is 3. The highest BCUT2D eigenvalue weighted by Crippen LogP contribution is 2.51. The van der Waals surface area contributed by atoms with Crippen LogP contribution in [0.3, 0.4) is 0 Å². The molecule has 2 fully saturated rings. The third kappa shape index (κ3) is 6.63. The van der Waals surface area contributed by atoms with Gasteiger partial charge in [0.25, 0.3) is 0 Å². The summed E-state index contributed by atoms with van der Waals surface area (Å²) in [5.74, 6) is 1.56. The van der Waals surface area contributed by atoms with E-state index < -0.39 is 0 Å². The summed E-state index contributed by atoms with van der Waals surface area (Å²) in [4.78, 5) is 43.6. The monoisotopic (exact) mass is 387 g/mol. The van der Waals surface area contributed by atoms with Crippen LogP contribution in [0, 0.1) is 23.2 Å². The van der Waals surface area contributed by atoms with Gasteiger partial charge in [0.15, 0.2) is 0 Å². The summed E-state index contributed by atoms with van der Waals surface area (Å²) < 4.78 is 0. The van der Waals surface area contributed by atoms with Crippen molar-refractivity contribution in [3.05, 3.63) is 0 Å². The minimum atomic E-state index is -0.0511. The molecule has 154 valence electrons. The first-order chi connectivity index (χ1) is 13.8. The molecule has 6 nitrogen and oxygen atoms in total. The molecule has 2 saturated carbocycles. The van der Waals surface area contributed by atoms with Gasteiger partial charge in [0, 0.05) is 0 Å². The van der Waals surface area contributed by atoms with Crippen LogP contribution in [0.2, 0.25) is 0 Å². The van der Waals surface area contributed by atoms with Crippen molar-refractivity contribution in [2.24, 2.45) is 38.1 Å². The highest BCUT2D eigenvalue weighted by molar-refractivity contribution is 5.33. The van der Waals surface area contributed by atoms with Crippen molar-refractivity contribution < 1.29 is 14.4 Å². The lowest BCUT2D eigenvalue weighted by Gasteiger charge is -2.43. The highest BCUT2D eigenvalue weighted by atomic mass is 16.1. The lowest BCUT2D eigenvalue weighted by molar-refractivity contribution is 0.0752. The van der Waals surface area contributed by atoms with E-state index in [0.717, 1.165) is 38.5 Å². The Labute approximate surface area is 168 Å². The fraction of sp³-hybridized carbons (Fsp3) is 0.864. The maximum absolute atomic E-state index is 11.0. The Morgan fingerprint density at radius 3 is 2.18 bits per heavy atom. The average Bonchev–Trinajstić information content (AvgIpc) is 3.08. The van der Waals surface area contributed by atoms with Gasteiger partial charge in [0.05, 0.1) is 19.6 Å². The van der Waals surface area contributed by atoms with Crippen LogP contribution in [0.25, 0.3) is 0 Å². The van der Waals surface area contributed by atoms with Crippen molar-refractivity contribution in [1.29, 1.82) is 0 Å². The summed E-state index contributed by atoms with van der Waals surface area (Å²) in [5.41, 5.74) is -0.0511. The van der Waals surface area contributed by atoms with Crippen LogP contribution in [-0.4, -0.2) is 37.9 Å². The largest absolute Gasteiger partial charge is 0.234 e. The minimum absolute atomic E-state index is 0.0511. The maximum atomic E-state index is 11.0. The number of nitrogens with zero attached hydrogens (tertiary/aromatic N) is 3. The first kappa shape index (κ1) is 22.4. The second-order valence-corrected chi connectivity index (χ2v) is 8.62. The van der Waals surface area contributed by atoms with Gasteiger partial charge in [-0.05, 0) is 61.7 Å². The van der Waals surface area contributed by atoms with Gasteiger partial charge in [-0.2, -0.15) is 0 Å². The number of hydrogen-bond acceptors (Lipinski definition) is 6. The van der Waals surface area contributed by atoms with Gasteiger partial charge in [0.2, 0.25) is 18.2 Å². The predicted octanol–water partition coefficient (Wildman–Crippen LogP) is 4.54. The Morgan fingerprint density at radius 1 is 0.786 bits per heavy atom. The van der Waals surface area contributed by atoms with E-state index in [1.54, 1.807) is 18.2 Å². The Bertz CT molecular complexity index is 611. The van der Waals surface area contributed by atoms with E-state index in [1.165, 1.54) is 38.5 Å². The van der Waals surface area contributed by atoms with Crippen molar-refractivity contribution in [2.45, 2.75) is 77.0 Å². The molecule has 0 heterocycles. The zero-order valence-corrected chi connectivity index (χ0v) is 16.9. The second kappa shape index (κ2) is 12.6. The zero-order chi connectivity index (χ0) is 20.1. The van der Waals surface area contributed by atoms with Gasteiger partial charge >= 0.3 is 0 Å². The van der Waals surface area contributed by atoms with E-state index in [4.69, 9.17) is 0 Å². The van der Waals surface area contributed by atoms with E-state index in [0.29, 0.717) is 37.4 Å². The Balaban J connectivity index is 2.27. The Morgan fingerprint density at radius 2 is 1.50 bits per heavy atom. The standard InChI is InChI=1S/C22H33N3O3/c26-16-23-13-5-11-22(15-25-18-28)12-10-19(14-24-17-27)8-9-21(22)20-6-3-1-2-4-7-20/h19-21H,1-15H2. The van der Waals surface area contributed by atoms with Gasteiger partial charge in [-0.15, -0.1) is 0 Å². The van der Waals surface area contributed by atoms with Crippen molar-refractivity contribution >= 4 is 18.2 Å². The van der Waals surface area contributed by atoms with E-state index in [2.05, 4.69) is 15.0 Å². The molecule has 0 aromatic heterocycles. The van der Waals surface area contributed by atoms with Gasteiger partial charge in [0.1, 0.15) is 0 Å². The lowest BCUT2D eigenvalue weighted by atomic mass is 9.62. The summed E-state index contributed by atoms with van der Waals surface area (Å²) >= 11 is 0.